The minimum atomic E-state index is 0. The van der Waals surface area contributed by atoms with Crippen molar-refractivity contribution in [3.8, 4) is 0 Å². The molecule has 0 radical (unpaired) electrons. The van der Waals surface area contributed by atoms with Gasteiger partial charge < -0.3 is 0 Å². The van der Waals surface area contributed by atoms with Crippen molar-refractivity contribution in [2.24, 2.45) is 0 Å². The molecule has 0 fully saturated rings. The van der Waals surface area contributed by atoms with Crippen LogP contribution in [0.3, 0.4) is 0 Å². The average Bonchev–Trinajstić information content (AvgIpc) is 1.62. The maximum absolute atomic E-state index is 2.00. The van der Waals surface area contributed by atoms with E-state index in [1.807, 2.05) is 48.6 Å². The van der Waals surface area contributed by atoms with Crippen LogP contribution in [-0.2, 0) is 0 Å². The van der Waals surface area contributed by atoms with Crippen LogP contribution in [0.2, 0.25) is 0 Å². The van der Waals surface area contributed by atoms with Crippen LogP contribution < -0.4 is 0 Å². The van der Waals surface area contributed by atoms with Gasteiger partial charge >= 0.3 is 18.9 Å². The van der Waals surface area contributed by atoms with Gasteiger partial charge in [0, 0.05) is 0 Å². The van der Waals surface area contributed by atoms with Gasteiger partial charge in [-0.3, -0.25) is 0 Å². The third-order valence-electron chi connectivity index (χ3n) is 0.889. The van der Waals surface area contributed by atoms with Gasteiger partial charge in [0.2, 0.25) is 0 Å². The Bertz CT molecular complexity index is 105. The summed E-state index contributed by atoms with van der Waals surface area (Å²) in [6, 6.07) is 0. The van der Waals surface area contributed by atoms with Crippen LogP contribution >= 0.6 is 0 Å². The van der Waals surface area contributed by atoms with E-state index >= 15 is 0 Å². The zero-order valence-corrected chi connectivity index (χ0v) is 4.62. The fourth-order valence-electron chi connectivity index (χ4n) is 0.513. The molecule has 0 nitrogen and oxygen atoms in total. The summed E-state index contributed by atoms with van der Waals surface area (Å²) in [4.78, 5) is 0. The summed E-state index contributed by atoms with van der Waals surface area (Å²) in [5.41, 5.74) is 0. The third kappa shape index (κ3) is 4.09. The molecule has 0 heterocycles. The van der Waals surface area contributed by atoms with E-state index in [1.54, 1.807) is 0 Å². The Balaban J connectivity index is 0.000000640. The fraction of sp³-hybridized carbons (Fsp3) is 0. The molecule has 0 amide bonds. The molecule has 0 bridgehead atoms. The van der Waals surface area contributed by atoms with Crippen molar-refractivity contribution in [2.75, 3.05) is 0 Å². The van der Waals surface area contributed by atoms with E-state index in [4.69, 9.17) is 0 Å². The van der Waals surface area contributed by atoms with E-state index in [0.717, 1.165) is 0 Å². The predicted octanol–water partition coefficient (Wildman–Crippen LogP) is 1.58. The van der Waals surface area contributed by atoms with Gasteiger partial charge in [-0.15, -0.1) is 0 Å². The van der Waals surface area contributed by atoms with Crippen molar-refractivity contribution in [2.45, 2.75) is 0 Å². The molecule has 42 valence electrons. The van der Waals surface area contributed by atoms with Crippen LogP contribution in [0.1, 0.15) is 0 Å². The summed E-state index contributed by atoms with van der Waals surface area (Å²) in [6.45, 7) is 0. The number of hydrogen-bond donors (Lipinski definition) is 0. The molecule has 0 unspecified atom stereocenters. The monoisotopic (exact) mass is 112 g/mol. The molecule has 0 aromatic rings. The molecule has 0 aliphatic heterocycles. The topological polar surface area (TPSA) is 0 Å². The Kier molecular flexibility index (Phi) is 5.41. The minimum absolute atomic E-state index is 0. The molecule has 0 aromatic carbocycles. The zero-order valence-electron chi connectivity index (χ0n) is 4.62. The molecule has 0 atom stereocenters. The van der Waals surface area contributed by atoms with Gasteiger partial charge in [-0.05, 0) is 0 Å². The number of hydrogen-bond acceptors (Lipinski definition) is 0. The van der Waals surface area contributed by atoms with Crippen molar-refractivity contribution < 1.29 is 0 Å². The van der Waals surface area contributed by atoms with Gasteiger partial charge in [0.15, 0.2) is 0 Å². The summed E-state index contributed by atoms with van der Waals surface area (Å²) in [7, 11) is 0. The predicted molar refractivity (Wildman–Crippen MR) is 43.7 cm³/mol. The van der Waals surface area contributed by atoms with Gasteiger partial charge in [0.1, 0.15) is 0 Å². The van der Waals surface area contributed by atoms with E-state index in [1.165, 1.54) is 0 Å². The van der Waals surface area contributed by atoms with Crippen LogP contribution in [0, 0.1) is 0 Å². The molecule has 0 saturated carbocycles. The molecule has 1 heteroatoms. The van der Waals surface area contributed by atoms with Crippen LogP contribution in [-0.4, -0.2) is 18.9 Å². The first kappa shape index (κ1) is 8.56. The first-order valence-electron chi connectivity index (χ1n) is 2.67. The molecule has 1 rings (SSSR count). The first-order valence-corrected chi connectivity index (χ1v) is 2.67. The summed E-state index contributed by atoms with van der Waals surface area (Å²) in [5.74, 6) is 0. The third-order valence-corrected chi connectivity index (χ3v) is 0.889. The summed E-state index contributed by atoms with van der Waals surface area (Å²) in [6.07, 6.45) is 16.0. The summed E-state index contributed by atoms with van der Waals surface area (Å²) in [5, 5.41) is 0. The molecule has 0 aromatic heterocycles. The van der Waals surface area contributed by atoms with E-state index in [9.17, 15) is 0 Å². The van der Waals surface area contributed by atoms with Crippen LogP contribution in [0.25, 0.3) is 0 Å². The Morgan fingerprint density at radius 2 is 0.444 bits per heavy atom. The summed E-state index contributed by atoms with van der Waals surface area (Å²) < 4.78 is 0. The van der Waals surface area contributed by atoms with Gasteiger partial charge in [-0.25, -0.2) is 0 Å². The fourth-order valence-corrected chi connectivity index (χ4v) is 0.513. The molecule has 0 N–H and O–H groups in total. The molecular weight excluding hydrogens is 103 g/mol. The van der Waals surface area contributed by atoms with E-state index in [0.29, 0.717) is 0 Å². The van der Waals surface area contributed by atoms with Crippen LogP contribution in [0.5, 0.6) is 0 Å². The van der Waals surface area contributed by atoms with Gasteiger partial charge in [-0.2, -0.15) is 0 Å². The number of allylic oxidation sites excluding steroid dienone is 8. The van der Waals surface area contributed by atoms with Crippen molar-refractivity contribution in [3.63, 3.8) is 0 Å². The Morgan fingerprint density at radius 3 is 0.556 bits per heavy atom. The van der Waals surface area contributed by atoms with E-state index in [-0.39, 0.29) is 18.9 Å². The van der Waals surface area contributed by atoms with Crippen molar-refractivity contribution in [1.82, 2.24) is 0 Å². The van der Waals surface area contributed by atoms with E-state index in [2.05, 4.69) is 0 Å². The van der Waals surface area contributed by atoms with Gasteiger partial charge in [-0.1, -0.05) is 48.6 Å². The molecule has 1 aliphatic carbocycles. The quantitative estimate of drug-likeness (QED) is 0.417. The standard InChI is InChI=1S/C8H8.Li.H/c1-2-4-6-8-7-5-3-1;;/h1-8H;;/b2-1-,3-1?,4-2?,5-3-,6-4-,7-5?,8-6?,8-7-;;. The van der Waals surface area contributed by atoms with Gasteiger partial charge in [0.25, 0.3) is 0 Å². The number of rotatable bonds is 0. The Hall–Kier alpha value is -0.443. The van der Waals surface area contributed by atoms with Crippen LogP contribution in [0.15, 0.2) is 48.6 Å². The van der Waals surface area contributed by atoms with Crippen LogP contribution in [0.4, 0.5) is 0 Å². The van der Waals surface area contributed by atoms with Crippen molar-refractivity contribution in [3.05, 3.63) is 48.6 Å². The normalized spacial score (nSPS) is 28.4. The maximum atomic E-state index is 2.00. The molecule has 0 spiro atoms. The second kappa shape index (κ2) is 5.69. The van der Waals surface area contributed by atoms with E-state index < -0.39 is 0 Å². The first-order chi connectivity index (χ1) is 4.00. The van der Waals surface area contributed by atoms with Gasteiger partial charge in [0.05, 0.1) is 0 Å². The molecule has 9 heavy (non-hydrogen) atoms. The molecule has 0 saturated heterocycles. The molecule has 1 aliphatic rings. The summed E-state index contributed by atoms with van der Waals surface area (Å²) >= 11 is 0. The average molecular weight is 112 g/mol. The Labute approximate surface area is 67.8 Å². The SMILES string of the molecule is C1=C\C=C/C=C\C=C/1.[LiH]. The molecular formula is C8H9Li. The zero-order chi connectivity index (χ0) is 5.66. The van der Waals surface area contributed by atoms with Crippen molar-refractivity contribution >= 4 is 18.9 Å². The van der Waals surface area contributed by atoms with Crippen molar-refractivity contribution in [1.29, 1.82) is 0 Å². The second-order valence-electron chi connectivity index (χ2n) is 1.54. The second-order valence-corrected chi connectivity index (χ2v) is 1.54. The Morgan fingerprint density at radius 1 is 0.333 bits per heavy atom.